The zero-order chi connectivity index (χ0) is 11.7. The molecule has 1 aliphatic heterocycles. The van der Waals surface area contributed by atoms with E-state index >= 15 is 0 Å². The second-order valence-electron chi connectivity index (χ2n) is 5.12. The van der Waals surface area contributed by atoms with Crippen molar-refractivity contribution in [2.75, 3.05) is 5.32 Å². The van der Waals surface area contributed by atoms with Gasteiger partial charge in [0.1, 0.15) is 0 Å². The zero-order valence-corrected chi connectivity index (χ0v) is 9.96. The molecule has 2 amide bonds. The standard InChI is InChI=1S/C14H18N2O/c17-13-15-12-8-4-3-7-11(12)14(16-13)9-5-1-2-6-10-14/h3-4,7-8H,1-2,5-6,9-10H2,(H2,15,16,17). The average molecular weight is 230 g/mol. The Labute approximate surface area is 102 Å². The van der Waals surface area contributed by atoms with Crippen LogP contribution in [0.1, 0.15) is 44.1 Å². The molecule has 1 fully saturated rings. The van der Waals surface area contributed by atoms with Crippen molar-refractivity contribution >= 4 is 11.7 Å². The molecule has 1 aromatic carbocycles. The highest BCUT2D eigenvalue weighted by Crippen LogP contribution is 2.41. The van der Waals surface area contributed by atoms with Crippen LogP contribution >= 0.6 is 0 Å². The average Bonchev–Trinajstić information content (AvgIpc) is 2.55. The maximum absolute atomic E-state index is 11.8. The third kappa shape index (κ3) is 1.79. The summed E-state index contributed by atoms with van der Waals surface area (Å²) in [6.45, 7) is 0. The van der Waals surface area contributed by atoms with Crippen LogP contribution in [0.2, 0.25) is 0 Å². The largest absolute Gasteiger partial charge is 0.328 e. The molecule has 0 aromatic heterocycles. The molecule has 0 radical (unpaired) electrons. The number of benzene rings is 1. The molecule has 1 saturated carbocycles. The summed E-state index contributed by atoms with van der Waals surface area (Å²) in [5, 5.41) is 6.08. The highest BCUT2D eigenvalue weighted by molar-refractivity contribution is 5.93. The van der Waals surface area contributed by atoms with Crippen molar-refractivity contribution in [2.24, 2.45) is 0 Å². The Morgan fingerprint density at radius 2 is 1.71 bits per heavy atom. The number of hydrogen-bond donors (Lipinski definition) is 2. The highest BCUT2D eigenvalue weighted by Gasteiger charge is 2.39. The van der Waals surface area contributed by atoms with Crippen LogP contribution in [0.3, 0.4) is 0 Å². The molecule has 2 aliphatic rings. The number of urea groups is 1. The molecule has 3 rings (SSSR count). The topological polar surface area (TPSA) is 41.1 Å². The van der Waals surface area contributed by atoms with Crippen LogP contribution in [0.4, 0.5) is 10.5 Å². The van der Waals surface area contributed by atoms with Crippen molar-refractivity contribution in [3.05, 3.63) is 29.8 Å². The lowest BCUT2D eigenvalue weighted by molar-refractivity contribution is 0.225. The van der Waals surface area contributed by atoms with Gasteiger partial charge in [-0.15, -0.1) is 0 Å². The maximum atomic E-state index is 11.8. The van der Waals surface area contributed by atoms with E-state index in [4.69, 9.17) is 0 Å². The smallest absolute Gasteiger partial charge is 0.319 e. The first kappa shape index (κ1) is 10.6. The fourth-order valence-electron chi connectivity index (χ4n) is 3.17. The normalized spacial score (nSPS) is 22.2. The number of hydrogen-bond acceptors (Lipinski definition) is 1. The van der Waals surface area contributed by atoms with E-state index in [1.54, 1.807) is 0 Å². The van der Waals surface area contributed by atoms with E-state index in [0.717, 1.165) is 18.5 Å². The van der Waals surface area contributed by atoms with Gasteiger partial charge in [-0.1, -0.05) is 43.9 Å². The molecule has 3 heteroatoms. The predicted octanol–water partition coefficient (Wildman–Crippen LogP) is 3.37. The summed E-state index contributed by atoms with van der Waals surface area (Å²) in [5.41, 5.74) is 2.13. The maximum Gasteiger partial charge on any atom is 0.319 e. The number of nitrogens with one attached hydrogen (secondary N) is 2. The Bertz CT molecular complexity index is 434. The van der Waals surface area contributed by atoms with Crippen molar-refractivity contribution in [3.63, 3.8) is 0 Å². The molecule has 0 bridgehead atoms. The van der Waals surface area contributed by atoms with Gasteiger partial charge in [0.15, 0.2) is 0 Å². The summed E-state index contributed by atoms with van der Waals surface area (Å²) in [5.74, 6) is 0. The van der Waals surface area contributed by atoms with Gasteiger partial charge in [-0.3, -0.25) is 0 Å². The Morgan fingerprint density at radius 3 is 2.47 bits per heavy atom. The van der Waals surface area contributed by atoms with E-state index in [9.17, 15) is 4.79 Å². The van der Waals surface area contributed by atoms with Gasteiger partial charge in [0, 0.05) is 11.3 Å². The Morgan fingerprint density at radius 1 is 1.00 bits per heavy atom. The van der Waals surface area contributed by atoms with Crippen molar-refractivity contribution in [2.45, 2.75) is 44.1 Å². The van der Waals surface area contributed by atoms with Crippen LogP contribution in [-0.4, -0.2) is 6.03 Å². The molecule has 90 valence electrons. The third-order valence-electron chi connectivity index (χ3n) is 4.00. The molecule has 17 heavy (non-hydrogen) atoms. The monoisotopic (exact) mass is 230 g/mol. The van der Waals surface area contributed by atoms with Gasteiger partial charge in [0.2, 0.25) is 0 Å². The van der Waals surface area contributed by atoms with Gasteiger partial charge in [-0.25, -0.2) is 4.79 Å². The van der Waals surface area contributed by atoms with Crippen molar-refractivity contribution < 1.29 is 4.79 Å². The second-order valence-corrected chi connectivity index (χ2v) is 5.12. The Kier molecular flexibility index (Phi) is 2.54. The van der Waals surface area contributed by atoms with Crippen LogP contribution in [-0.2, 0) is 5.54 Å². The van der Waals surface area contributed by atoms with E-state index in [0.29, 0.717) is 0 Å². The number of carbonyl (C=O) groups excluding carboxylic acids is 1. The number of anilines is 1. The molecular weight excluding hydrogens is 212 g/mol. The first-order valence-corrected chi connectivity index (χ1v) is 6.49. The minimum absolute atomic E-state index is 0.0504. The van der Waals surface area contributed by atoms with Gasteiger partial charge in [0.25, 0.3) is 0 Å². The Hall–Kier alpha value is -1.51. The molecule has 0 saturated heterocycles. The number of rotatable bonds is 0. The summed E-state index contributed by atoms with van der Waals surface area (Å²) in [4.78, 5) is 11.8. The first-order chi connectivity index (χ1) is 8.30. The summed E-state index contributed by atoms with van der Waals surface area (Å²) in [6, 6.07) is 8.14. The lowest BCUT2D eigenvalue weighted by Crippen LogP contribution is -2.51. The van der Waals surface area contributed by atoms with Gasteiger partial charge < -0.3 is 10.6 Å². The SMILES string of the molecule is O=C1Nc2ccccc2C2(CCCCCC2)N1. The molecular formula is C14H18N2O. The van der Waals surface area contributed by atoms with Crippen LogP contribution in [0, 0.1) is 0 Å². The number of fused-ring (bicyclic) bond motifs is 2. The van der Waals surface area contributed by atoms with Gasteiger partial charge in [-0.2, -0.15) is 0 Å². The van der Waals surface area contributed by atoms with Crippen LogP contribution in [0.15, 0.2) is 24.3 Å². The number of para-hydroxylation sites is 1. The van der Waals surface area contributed by atoms with E-state index in [1.165, 1.54) is 31.2 Å². The third-order valence-corrected chi connectivity index (χ3v) is 4.00. The van der Waals surface area contributed by atoms with Crippen molar-refractivity contribution in [1.82, 2.24) is 5.32 Å². The minimum atomic E-state index is -0.116. The van der Waals surface area contributed by atoms with Crippen LogP contribution in [0.5, 0.6) is 0 Å². The molecule has 3 nitrogen and oxygen atoms in total. The van der Waals surface area contributed by atoms with Crippen molar-refractivity contribution in [3.8, 4) is 0 Å². The van der Waals surface area contributed by atoms with Crippen LogP contribution < -0.4 is 10.6 Å². The van der Waals surface area contributed by atoms with E-state index in [1.807, 2.05) is 12.1 Å². The fourth-order valence-corrected chi connectivity index (χ4v) is 3.17. The quantitative estimate of drug-likeness (QED) is 0.705. The molecule has 0 atom stereocenters. The van der Waals surface area contributed by atoms with Gasteiger partial charge in [-0.05, 0) is 18.9 Å². The molecule has 2 N–H and O–H groups in total. The number of carbonyl (C=O) groups is 1. The van der Waals surface area contributed by atoms with Gasteiger partial charge in [0.05, 0.1) is 5.54 Å². The molecule has 1 aromatic rings. The molecule has 1 heterocycles. The second kappa shape index (κ2) is 4.06. The minimum Gasteiger partial charge on any atom is -0.328 e. The Balaban J connectivity index is 2.06. The summed E-state index contributed by atoms with van der Waals surface area (Å²) in [7, 11) is 0. The van der Waals surface area contributed by atoms with E-state index < -0.39 is 0 Å². The molecule has 0 unspecified atom stereocenters. The lowest BCUT2D eigenvalue weighted by Gasteiger charge is -2.39. The van der Waals surface area contributed by atoms with E-state index in [2.05, 4.69) is 22.8 Å². The predicted molar refractivity (Wildman–Crippen MR) is 68.0 cm³/mol. The summed E-state index contributed by atoms with van der Waals surface area (Å²) in [6.07, 6.45) is 7.11. The highest BCUT2D eigenvalue weighted by atomic mass is 16.2. The molecule has 1 aliphatic carbocycles. The fraction of sp³-hybridized carbons (Fsp3) is 0.500. The number of amides is 2. The van der Waals surface area contributed by atoms with E-state index in [-0.39, 0.29) is 11.6 Å². The van der Waals surface area contributed by atoms with Crippen molar-refractivity contribution in [1.29, 1.82) is 0 Å². The first-order valence-electron chi connectivity index (χ1n) is 6.49. The summed E-state index contributed by atoms with van der Waals surface area (Å²) < 4.78 is 0. The van der Waals surface area contributed by atoms with Gasteiger partial charge >= 0.3 is 6.03 Å². The molecule has 1 spiro atoms. The van der Waals surface area contributed by atoms with Crippen LogP contribution in [0.25, 0.3) is 0 Å². The zero-order valence-electron chi connectivity index (χ0n) is 9.96. The lowest BCUT2D eigenvalue weighted by atomic mass is 9.81. The summed E-state index contributed by atoms with van der Waals surface area (Å²) >= 11 is 0.